The molecule has 132 valence electrons. The molecule has 5 nitrogen and oxygen atoms in total. The van der Waals surface area contributed by atoms with Gasteiger partial charge in [-0.3, -0.25) is 4.79 Å². The second-order valence-electron chi connectivity index (χ2n) is 6.39. The van der Waals surface area contributed by atoms with Crippen molar-refractivity contribution in [1.82, 2.24) is 9.62 Å². The van der Waals surface area contributed by atoms with Gasteiger partial charge in [0.1, 0.15) is 0 Å². The molecule has 2 aromatic carbocycles. The zero-order chi connectivity index (χ0) is 17.9. The van der Waals surface area contributed by atoms with Gasteiger partial charge >= 0.3 is 0 Å². The number of carbonyl (C=O) groups excluding carboxylic acids is 1. The fraction of sp³-hybridized carbons (Fsp3) is 0.316. The van der Waals surface area contributed by atoms with Gasteiger partial charge in [-0.1, -0.05) is 42.5 Å². The van der Waals surface area contributed by atoms with Crippen LogP contribution in [-0.4, -0.2) is 44.6 Å². The van der Waals surface area contributed by atoms with E-state index in [2.05, 4.69) is 4.72 Å². The second-order valence-corrected chi connectivity index (χ2v) is 8.17. The fourth-order valence-electron chi connectivity index (χ4n) is 3.18. The molecule has 2 aromatic rings. The number of rotatable bonds is 4. The monoisotopic (exact) mass is 358 g/mol. The van der Waals surface area contributed by atoms with Crippen LogP contribution in [0.1, 0.15) is 18.4 Å². The Morgan fingerprint density at radius 1 is 1.12 bits per heavy atom. The smallest absolute Gasteiger partial charge is 0.246 e. The van der Waals surface area contributed by atoms with Gasteiger partial charge in [-0.2, -0.15) is 0 Å². The SMILES string of the molecule is CS(=O)(=O)NC1CCN(C(=O)C=Cc2cccc3ccccc23)CC1. The predicted octanol–water partition coefficient (Wildman–Crippen LogP) is 2.39. The van der Waals surface area contributed by atoms with Crippen molar-refractivity contribution >= 4 is 32.8 Å². The summed E-state index contributed by atoms with van der Waals surface area (Å²) in [4.78, 5) is 14.2. The molecule has 0 aliphatic carbocycles. The first kappa shape index (κ1) is 17.6. The Morgan fingerprint density at radius 2 is 1.80 bits per heavy atom. The van der Waals surface area contributed by atoms with Crippen LogP contribution in [0.4, 0.5) is 0 Å². The van der Waals surface area contributed by atoms with Crippen molar-refractivity contribution in [3.63, 3.8) is 0 Å². The maximum absolute atomic E-state index is 12.4. The first-order valence-corrected chi connectivity index (χ1v) is 10.2. The van der Waals surface area contributed by atoms with Gasteiger partial charge in [-0.15, -0.1) is 0 Å². The zero-order valence-electron chi connectivity index (χ0n) is 14.2. The Morgan fingerprint density at radius 3 is 2.52 bits per heavy atom. The number of nitrogens with one attached hydrogen (secondary N) is 1. The van der Waals surface area contributed by atoms with Gasteiger partial charge in [-0.05, 0) is 35.3 Å². The van der Waals surface area contributed by atoms with Gasteiger partial charge in [0.15, 0.2) is 0 Å². The molecule has 0 radical (unpaired) electrons. The minimum atomic E-state index is -3.20. The summed E-state index contributed by atoms with van der Waals surface area (Å²) < 4.78 is 25.2. The highest BCUT2D eigenvalue weighted by molar-refractivity contribution is 7.88. The van der Waals surface area contributed by atoms with E-state index in [1.165, 1.54) is 0 Å². The quantitative estimate of drug-likeness (QED) is 0.854. The molecule has 1 N–H and O–H groups in total. The van der Waals surface area contributed by atoms with Crippen LogP contribution in [0, 0.1) is 0 Å². The van der Waals surface area contributed by atoms with Crippen molar-refractivity contribution in [3.8, 4) is 0 Å². The molecule has 1 saturated heterocycles. The minimum absolute atomic E-state index is 0.0364. The predicted molar refractivity (Wildman–Crippen MR) is 101 cm³/mol. The standard InChI is InChI=1S/C19H22N2O3S/c1-25(23,24)20-17-11-13-21(14-12-17)19(22)10-9-16-7-4-6-15-5-2-3-8-18(15)16/h2-10,17,20H,11-14H2,1H3. The number of likely N-dealkylation sites (tertiary alicyclic amines) is 1. The van der Waals surface area contributed by atoms with Gasteiger partial charge in [0, 0.05) is 25.2 Å². The first-order valence-electron chi connectivity index (χ1n) is 8.34. The Hall–Kier alpha value is -2.18. The third kappa shape index (κ3) is 4.67. The molecule has 0 atom stereocenters. The normalized spacial score (nSPS) is 16.6. The molecular formula is C19H22N2O3S. The van der Waals surface area contributed by atoms with Crippen molar-refractivity contribution in [2.75, 3.05) is 19.3 Å². The average Bonchev–Trinajstić information content (AvgIpc) is 2.59. The number of hydrogen-bond acceptors (Lipinski definition) is 3. The molecule has 0 spiro atoms. The van der Waals surface area contributed by atoms with Crippen molar-refractivity contribution in [2.24, 2.45) is 0 Å². The van der Waals surface area contributed by atoms with E-state index < -0.39 is 10.0 Å². The number of benzene rings is 2. The van der Waals surface area contributed by atoms with Crippen LogP contribution in [0.25, 0.3) is 16.8 Å². The van der Waals surface area contributed by atoms with Crippen LogP contribution in [0.15, 0.2) is 48.5 Å². The molecule has 1 aliphatic rings. The van der Waals surface area contributed by atoms with Crippen molar-refractivity contribution < 1.29 is 13.2 Å². The summed E-state index contributed by atoms with van der Waals surface area (Å²) in [6, 6.07) is 14.0. The Kier molecular flexibility index (Phi) is 5.20. The lowest BCUT2D eigenvalue weighted by atomic mass is 10.0. The van der Waals surface area contributed by atoms with E-state index in [1.807, 2.05) is 48.5 Å². The first-order chi connectivity index (χ1) is 11.9. The third-order valence-corrected chi connectivity index (χ3v) is 5.18. The van der Waals surface area contributed by atoms with Crippen molar-refractivity contribution in [2.45, 2.75) is 18.9 Å². The molecule has 6 heteroatoms. The molecule has 1 fully saturated rings. The Labute approximate surface area is 148 Å². The van der Waals surface area contributed by atoms with E-state index in [0.29, 0.717) is 25.9 Å². The van der Waals surface area contributed by atoms with Crippen LogP contribution in [0.5, 0.6) is 0 Å². The van der Waals surface area contributed by atoms with Crippen LogP contribution in [0.3, 0.4) is 0 Å². The molecule has 1 heterocycles. The van der Waals surface area contributed by atoms with Gasteiger partial charge in [0.2, 0.25) is 15.9 Å². The molecule has 0 bridgehead atoms. The number of nitrogens with zero attached hydrogens (tertiary/aromatic N) is 1. The molecule has 25 heavy (non-hydrogen) atoms. The van der Waals surface area contributed by atoms with E-state index >= 15 is 0 Å². The summed E-state index contributed by atoms with van der Waals surface area (Å²) in [6.45, 7) is 1.12. The van der Waals surface area contributed by atoms with Crippen LogP contribution >= 0.6 is 0 Å². The molecule has 0 unspecified atom stereocenters. The fourth-order valence-corrected chi connectivity index (χ4v) is 4.02. The summed E-state index contributed by atoms with van der Waals surface area (Å²) in [5, 5.41) is 2.26. The highest BCUT2D eigenvalue weighted by Gasteiger charge is 2.23. The molecular weight excluding hydrogens is 336 g/mol. The molecule has 1 amide bonds. The lowest BCUT2D eigenvalue weighted by molar-refractivity contribution is -0.126. The van der Waals surface area contributed by atoms with E-state index in [9.17, 15) is 13.2 Å². The summed E-state index contributed by atoms with van der Waals surface area (Å²) in [6.07, 6.45) is 5.90. The van der Waals surface area contributed by atoms with E-state index in [4.69, 9.17) is 0 Å². The number of sulfonamides is 1. The van der Waals surface area contributed by atoms with Crippen molar-refractivity contribution in [3.05, 3.63) is 54.1 Å². The van der Waals surface area contributed by atoms with E-state index in [0.717, 1.165) is 22.6 Å². The minimum Gasteiger partial charge on any atom is -0.339 e. The highest BCUT2D eigenvalue weighted by atomic mass is 32.2. The topological polar surface area (TPSA) is 66.5 Å². The number of hydrogen-bond donors (Lipinski definition) is 1. The van der Waals surface area contributed by atoms with Crippen LogP contribution in [0.2, 0.25) is 0 Å². The van der Waals surface area contributed by atoms with Crippen LogP contribution < -0.4 is 4.72 Å². The summed E-state index contributed by atoms with van der Waals surface area (Å²) in [5.74, 6) is -0.0364. The molecule has 1 aliphatic heterocycles. The Bertz CT molecular complexity index is 893. The lowest BCUT2D eigenvalue weighted by Crippen LogP contribution is -2.45. The Balaban J connectivity index is 1.64. The van der Waals surface area contributed by atoms with Crippen LogP contribution in [-0.2, 0) is 14.8 Å². The number of piperidine rings is 1. The highest BCUT2D eigenvalue weighted by Crippen LogP contribution is 2.20. The maximum Gasteiger partial charge on any atom is 0.246 e. The van der Waals surface area contributed by atoms with Gasteiger partial charge < -0.3 is 4.90 Å². The van der Waals surface area contributed by atoms with E-state index in [-0.39, 0.29) is 11.9 Å². The summed E-state index contributed by atoms with van der Waals surface area (Å²) in [7, 11) is -3.20. The second kappa shape index (κ2) is 7.37. The van der Waals surface area contributed by atoms with Crippen molar-refractivity contribution in [1.29, 1.82) is 0 Å². The number of fused-ring (bicyclic) bond motifs is 1. The number of amides is 1. The van der Waals surface area contributed by atoms with Gasteiger partial charge in [-0.25, -0.2) is 13.1 Å². The largest absolute Gasteiger partial charge is 0.339 e. The maximum atomic E-state index is 12.4. The molecule has 0 aromatic heterocycles. The number of carbonyl (C=O) groups is 1. The van der Waals surface area contributed by atoms with E-state index in [1.54, 1.807) is 11.0 Å². The zero-order valence-corrected chi connectivity index (χ0v) is 15.0. The average molecular weight is 358 g/mol. The lowest BCUT2D eigenvalue weighted by Gasteiger charge is -2.31. The molecule has 3 rings (SSSR count). The summed E-state index contributed by atoms with van der Waals surface area (Å²) >= 11 is 0. The third-order valence-electron chi connectivity index (χ3n) is 4.42. The van der Waals surface area contributed by atoms with Gasteiger partial charge in [0.05, 0.1) is 6.26 Å². The summed E-state index contributed by atoms with van der Waals surface area (Å²) in [5.41, 5.74) is 1.01. The molecule has 0 saturated carbocycles. The van der Waals surface area contributed by atoms with Gasteiger partial charge in [0.25, 0.3) is 0 Å².